The molecular formula is C24H30N2O3. The minimum absolute atomic E-state index is 0.0884. The van der Waals surface area contributed by atoms with E-state index in [1.807, 2.05) is 35.2 Å². The first-order chi connectivity index (χ1) is 14.1. The fourth-order valence-electron chi connectivity index (χ4n) is 4.58. The Morgan fingerprint density at radius 3 is 2.55 bits per heavy atom. The zero-order valence-corrected chi connectivity index (χ0v) is 17.3. The molecule has 0 bridgehead atoms. The smallest absolute Gasteiger partial charge is 0.227 e. The summed E-state index contributed by atoms with van der Waals surface area (Å²) in [5.74, 6) is 0.945. The van der Waals surface area contributed by atoms with E-state index in [0.29, 0.717) is 12.5 Å². The standard InChI is InChI=1S/C24H30N2O3/c1-25(20-9-4-3-5-10-20)21-17-24(29-18-21)12-14-26(15-13-24)23(27)16-19-8-6-7-11-22(19)28-2/h3-11,21H,12-18H2,1-2H3/t21-/m1/s1. The molecule has 29 heavy (non-hydrogen) atoms. The Labute approximate surface area is 173 Å². The number of amides is 1. The highest BCUT2D eigenvalue weighted by Crippen LogP contribution is 2.38. The van der Waals surface area contributed by atoms with Gasteiger partial charge in [0.1, 0.15) is 5.75 Å². The summed E-state index contributed by atoms with van der Waals surface area (Å²) in [4.78, 5) is 17.1. The third-order valence-electron chi connectivity index (χ3n) is 6.46. The molecule has 4 rings (SSSR count). The topological polar surface area (TPSA) is 42.0 Å². The van der Waals surface area contributed by atoms with Gasteiger partial charge in [-0.05, 0) is 37.5 Å². The van der Waals surface area contributed by atoms with Crippen LogP contribution in [0.25, 0.3) is 0 Å². The lowest BCUT2D eigenvalue weighted by molar-refractivity contribution is -0.135. The van der Waals surface area contributed by atoms with Gasteiger partial charge in [-0.2, -0.15) is 0 Å². The van der Waals surface area contributed by atoms with Gasteiger partial charge in [0.2, 0.25) is 5.91 Å². The average Bonchev–Trinajstić information content (AvgIpc) is 3.18. The van der Waals surface area contributed by atoms with Gasteiger partial charge in [-0.15, -0.1) is 0 Å². The molecular weight excluding hydrogens is 364 g/mol. The molecule has 2 saturated heterocycles. The van der Waals surface area contributed by atoms with Crippen LogP contribution in [0, 0.1) is 0 Å². The summed E-state index contributed by atoms with van der Waals surface area (Å²) in [5, 5.41) is 0. The van der Waals surface area contributed by atoms with Crippen LogP contribution in [0.3, 0.4) is 0 Å². The second kappa shape index (κ2) is 8.46. The van der Waals surface area contributed by atoms with Crippen molar-refractivity contribution >= 4 is 11.6 Å². The minimum atomic E-state index is -0.0884. The number of likely N-dealkylation sites (tertiary alicyclic amines) is 1. The predicted molar refractivity (Wildman–Crippen MR) is 114 cm³/mol. The number of rotatable bonds is 5. The second-order valence-electron chi connectivity index (χ2n) is 8.17. The fraction of sp³-hybridized carbons (Fsp3) is 0.458. The fourth-order valence-corrected chi connectivity index (χ4v) is 4.58. The van der Waals surface area contributed by atoms with Crippen LogP contribution in [0.5, 0.6) is 5.75 Å². The van der Waals surface area contributed by atoms with Crippen LogP contribution in [0.15, 0.2) is 54.6 Å². The molecule has 5 nitrogen and oxygen atoms in total. The van der Waals surface area contributed by atoms with Crippen molar-refractivity contribution in [3.63, 3.8) is 0 Å². The van der Waals surface area contributed by atoms with Crippen molar-refractivity contribution in [2.24, 2.45) is 0 Å². The molecule has 2 aliphatic heterocycles. The molecule has 1 atom stereocenters. The van der Waals surface area contributed by atoms with Gasteiger partial charge in [-0.1, -0.05) is 36.4 Å². The maximum atomic E-state index is 12.8. The molecule has 0 radical (unpaired) electrons. The van der Waals surface area contributed by atoms with Crippen molar-refractivity contribution in [1.82, 2.24) is 4.90 Å². The Hall–Kier alpha value is -2.53. The molecule has 2 fully saturated rings. The lowest BCUT2D eigenvalue weighted by atomic mass is 9.87. The van der Waals surface area contributed by atoms with Gasteiger partial charge in [0.05, 0.1) is 31.8 Å². The zero-order chi connectivity index (χ0) is 20.3. The van der Waals surface area contributed by atoms with Crippen LogP contribution in [0.4, 0.5) is 5.69 Å². The van der Waals surface area contributed by atoms with E-state index in [2.05, 4.69) is 36.2 Å². The van der Waals surface area contributed by atoms with Gasteiger partial charge in [-0.25, -0.2) is 0 Å². The lowest BCUT2D eigenvalue weighted by Gasteiger charge is -2.39. The summed E-state index contributed by atoms with van der Waals surface area (Å²) in [5.41, 5.74) is 2.08. The Bertz CT molecular complexity index is 831. The Balaban J connectivity index is 1.33. The monoisotopic (exact) mass is 394 g/mol. The second-order valence-corrected chi connectivity index (χ2v) is 8.17. The van der Waals surface area contributed by atoms with E-state index in [9.17, 15) is 4.79 Å². The molecule has 154 valence electrons. The van der Waals surface area contributed by atoms with E-state index >= 15 is 0 Å². The largest absolute Gasteiger partial charge is 0.496 e. The summed E-state index contributed by atoms with van der Waals surface area (Å²) >= 11 is 0. The van der Waals surface area contributed by atoms with Gasteiger partial charge in [-0.3, -0.25) is 4.79 Å². The molecule has 0 aromatic heterocycles. The number of methoxy groups -OCH3 is 1. The Morgan fingerprint density at radius 2 is 1.83 bits per heavy atom. The molecule has 0 N–H and O–H groups in total. The molecule has 2 aromatic rings. The molecule has 2 aromatic carbocycles. The molecule has 0 saturated carbocycles. The minimum Gasteiger partial charge on any atom is -0.496 e. The van der Waals surface area contributed by atoms with Crippen LogP contribution < -0.4 is 9.64 Å². The summed E-state index contributed by atoms with van der Waals surface area (Å²) in [6.45, 7) is 2.27. The number of likely N-dealkylation sites (N-methyl/N-ethyl adjacent to an activating group) is 1. The van der Waals surface area contributed by atoms with E-state index in [-0.39, 0.29) is 11.5 Å². The Morgan fingerprint density at radius 1 is 1.14 bits per heavy atom. The number of ether oxygens (including phenoxy) is 2. The van der Waals surface area contributed by atoms with Crippen LogP contribution in [0.2, 0.25) is 0 Å². The number of benzene rings is 2. The lowest BCUT2D eigenvalue weighted by Crippen LogP contribution is -2.47. The highest BCUT2D eigenvalue weighted by atomic mass is 16.5. The first-order valence-electron chi connectivity index (χ1n) is 10.4. The van der Waals surface area contributed by atoms with Gasteiger partial charge < -0.3 is 19.3 Å². The van der Waals surface area contributed by atoms with Crippen molar-refractivity contribution in [3.8, 4) is 5.75 Å². The molecule has 2 aliphatic rings. The maximum Gasteiger partial charge on any atom is 0.227 e. The van der Waals surface area contributed by atoms with Gasteiger partial charge >= 0.3 is 0 Å². The van der Waals surface area contributed by atoms with Gasteiger partial charge in [0.15, 0.2) is 0 Å². The molecule has 2 heterocycles. The predicted octanol–water partition coefficient (Wildman–Crippen LogP) is 3.52. The van der Waals surface area contributed by atoms with E-state index in [4.69, 9.17) is 9.47 Å². The van der Waals surface area contributed by atoms with Crippen molar-refractivity contribution in [2.45, 2.75) is 37.3 Å². The Kier molecular flexibility index (Phi) is 5.76. The van der Waals surface area contributed by atoms with Crippen LogP contribution >= 0.6 is 0 Å². The highest BCUT2D eigenvalue weighted by Gasteiger charge is 2.44. The molecule has 0 aliphatic carbocycles. The summed E-state index contributed by atoms with van der Waals surface area (Å²) in [7, 11) is 3.79. The molecule has 1 spiro atoms. The van der Waals surface area contributed by atoms with Crippen molar-refractivity contribution in [2.75, 3.05) is 38.8 Å². The number of carbonyl (C=O) groups is 1. The molecule has 1 amide bonds. The number of para-hydroxylation sites is 2. The first kappa shape index (κ1) is 19.8. The van der Waals surface area contributed by atoms with E-state index < -0.39 is 0 Å². The number of hydrogen-bond donors (Lipinski definition) is 0. The number of carbonyl (C=O) groups excluding carboxylic acids is 1. The maximum absolute atomic E-state index is 12.8. The number of hydrogen-bond acceptors (Lipinski definition) is 4. The quantitative estimate of drug-likeness (QED) is 0.778. The van der Waals surface area contributed by atoms with E-state index in [1.54, 1.807) is 7.11 Å². The number of piperidine rings is 1. The zero-order valence-electron chi connectivity index (χ0n) is 17.3. The van der Waals surface area contributed by atoms with E-state index in [0.717, 1.165) is 50.3 Å². The van der Waals surface area contributed by atoms with Crippen LogP contribution in [-0.2, 0) is 16.0 Å². The SMILES string of the molecule is COc1ccccc1CC(=O)N1CCC2(CC1)C[C@@H](N(C)c1ccccc1)CO2. The molecule has 0 unspecified atom stereocenters. The van der Waals surface area contributed by atoms with Crippen molar-refractivity contribution in [1.29, 1.82) is 0 Å². The van der Waals surface area contributed by atoms with Crippen LogP contribution in [0.1, 0.15) is 24.8 Å². The van der Waals surface area contributed by atoms with Gasteiger partial charge in [0.25, 0.3) is 0 Å². The van der Waals surface area contributed by atoms with Crippen molar-refractivity contribution < 1.29 is 14.3 Å². The summed E-state index contributed by atoms with van der Waals surface area (Å²) in [6.07, 6.45) is 3.22. The number of anilines is 1. The average molecular weight is 395 g/mol. The third-order valence-corrected chi connectivity index (χ3v) is 6.46. The van der Waals surface area contributed by atoms with E-state index in [1.165, 1.54) is 5.69 Å². The van der Waals surface area contributed by atoms with Crippen molar-refractivity contribution in [3.05, 3.63) is 60.2 Å². The first-order valence-corrected chi connectivity index (χ1v) is 10.4. The summed E-state index contributed by atoms with van der Waals surface area (Å²) in [6, 6.07) is 18.6. The number of nitrogens with zero attached hydrogens (tertiary/aromatic N) is 2. The van der Waals surface area contributed by atoms with Crippen LogP contribution in [-0.4, -0.2) is 56.3 Å². The highest BCUT2D eigenvalue weighted by molar-refractivity contribution is 5.79. The summed E-state index contributed by atoms with van der Waals surface area (Å²) < 4.78 is 11.7. The normalized spacial score (nSPS) is 20.6. The molecule has 5 heteroatoms. The third kappa shape index (κ3) is 4.25. The van der Waals surface area contributed by atoms with Gasteiger partial charge in [0, 0.05) is 31.4 Å².